The van der Waals surface area contributed by atoms with Gasteiger partial charge in [0.25, 0.3) is 0 Å². The molecule has 0 aliphatic carbocycles. The normalized spacial score (nSPS) is 17.2. The number of guanidine groups is 1. The molecule has 0 spiro atoms. The van der Waals surface area contributed by atoms with Crippen molar-refractivity contribution in [3.05, 3.63) is 39.8 Å². The molecule has 1 atom stereocenters. The summed E-state index contributed by atoms with van der Waals surface area (Å²) >= 11 is 1.58. The summed E-state index contributed by atoms with van der Waals surface area (Å²) in [5.74, 6) is 1.33. The summed E-state index contributed by atoms with van der Waals surface area (Å²) < 4.78 is 5.66. The second-order valence-corrected chi connectivity index (χ2v) is 7.89. The van der Waals surface area contributed by atoms with Crippen LogP contribution in [-0.2, 0) is 12.0 Å². The predicted octanol–water partition coefficient (Wildman–Crippen LogP) is 3.38. The van der Waals surface area contributed by atoms with Gasteiger partial charge in [-0.3, -0.25) is 0 Å². The van der Waals surface area contributed by atoms with Crippen molar-refractivity contribution < 1.29 is 4.74 Å². The van der Waals surface area contributed by atoms with Crippen LogP contribution in [0.4, 0.5) is 0 Å². The molecule has 0 amide bonds. The van der Waals surface area contributed by atoms with Crippen LogP contribution in [0.15, 0.2) is 29.3 Å². The number of aromatic nitrogens is 2. The minimum absolute atomic E-state index is 0. The molecular formula is C17H24IN5OS. The highest BCUT2D eigenvalue weighted by Gasteiger charge is 2.21. The fraction of sp³-hybridized carbons (Fsp3) is 0.471. The Morgan fingerprint density at radius 2 is 2.12 bits per heavy atom. The lowest BCUT2D eigenvalue weighted by Gasteiger charge is -2.26. The van der Waals surface area contributed by atoms with Crippen molar-refractivity contribution in [3.8, 4) is 5.75 Å². The number of nitrogens with zero attached hydrogens (tertiary/aromatic N) is 3. The maximum atomic E-state index is 6.06. The summed E-state index contributed by atoms with van der Waals surface area (Å²) in [6.07, 6.45) is 0.861. The largest absolute Gasteiger partial charge is 0.493 e. The Labute approximate surface area is 169 Å². The van der Waals surface area contributed by atoms with Crippen molar-refractivity contribution in [1.82, 2.24) is 15.5 Å². The molecule has 0 saturated heterocycles. The molecular weight excluding hydrogens is 449 g/mol. The monoisotopic (exact) mass is 473 g/mol. The molecule has 1 aliphatic heterocycles. The van der Waals surface area contributed by atoms with Crippen LogP contribution >= 0.6 is 35.3 Å². The first-order chi connectivity index (χ1) is 11.4. The lowest BCUT2D eigenvalue weighted by molar-refractivity contribution is 0.262. The van der Waals surface area contributed by atoms with E-state index < -0.39 is 0 Å². The number of fused-ring (bicyclic) bond motifs is 1. The Morgan fingerprint density at radius 3 is 2.84 bits per heavy atom. The van der Waals surface area contributed by atoms with E-state index in [1.807, 2.05) is 18.2 Å². The molecule has 2 aromatic rings. The molecule has 0 fully saturated rings. The summed E-state index contributed by atoms with van der Waals surface area (Å²) in [5, 5.41) is 13.6. The quantitative estimate of drug-likeness (QED) is 0.406. The van der Waals surface area contributed by atoms with Gasteiger partial charge in [-0.2, -0.15) is 0 Å². The van der Waals surface area contributed by atoms with Gasteiger partial charge in [0.1, 0.15) is 15.8 Å². The van der Waals surface area contributed by atoms with Crippen LogP contribution in [0.3, 0.4) is 0 Å². The zero-order chi connectivity index (χ0) is 17.2. The van der Waals surface area contributed by atoms with E-state index in [0.29, 0.717) is 19.1 Å². The second-order valence-electron chi connectivity index (χ2n) is 6.82. The summed E-state index contributed by atoms with van der Waals surface area (Å²) in [6.45, 7) is 7.49. The molecule has 25 heavy (non-hydrogen) atoms. The van der Waals surface area contributed by atoms with E-state index in [0.717, 1.165) is 27.7 Å². The topological polar surface area (TPSA) is 85.4 Å². The Hall–Kier alpha value is -1.42. The van der Waals surface area contributed by atoms with Crippen LogP contribution in [0.2, 0.25) is 0 Å². The average molecular weight is 473 g/mol. The molecule has 1 aromatic heterocycles. The van der Waals surface area contributed by atoms with Crippen LogP contribution in [0, 0.1) is 0 Å². The smallest absolute Gasteiger partial charge is 0.189 e. The fourth-order valence-corrected chi connectivity index (χ4v) is 3.31. The molecule has 136 valence electrons. The predicted molar refractivity (Wildman–Crippen MR) is 112 cm³/mol. The zero-order valence-corrected chi connectivity index (χ0v) is 17.8. The third-order valence-corrected chi connectivity index (χ3v) is 5.11. The maximum Gasteiger partial charge on any atom is 0.189 e. The number of rotatable bonds is 3. The van der Waals surface area contributed by atoms with Gasteiger partial charge < -0.3 is 15.8 Å². The third kappa shape index (κ3) is 5.04. The molecule has 1 aromatic carbocycles. The lowest BCUT2D eigenvalue weighted by Crippen LogP contribution is -2.37. The molecule has 6 nitrogen and oxygen atoms in total. The van der Waals surface area contributed by atoms with Gasteiger partial charge in [-0.15, -0.1) is 34.2 Å². The highest BCUT2D eigenvalue weighted by molar-refractivity contribution is 14.0. The Morgan fingerprint density at radius 1 is 1.36 bits per heavy atom. The first-order valence-electron chi connectivity index (χ1n) is 8.04. The number of hydrogen-bond acceptors (Lipinski definition) is 5. The van der Waals surface area contributed by atoms with Gasteiger partial charge in [-0.25, -0.2) is 4.99 Å². The molecule has 3 N–H and O–H groups in total. The summed E-state index contributed by atoms with van der Waals surface area (Å²) in [7, 11) is 0. The van der Waals surface area contributed by atoms with Crippen molar-refractivity contribution in [2.75, 3.05) is 6.61 Å². The molecule has 3 rings (SSSR count). The number of halogens is 1. The van der Waals surface area contributed by atoms with Crippen molar-refractivity contribution in [1.29, 1.82) is 0 Å². The Bertz CT molecular complexity index is 741. The maximum absolute atomic E-state index is 6.06. The standard InChI is InChI=1S/C17H23N5OS.HI/c1-17(2,3)15-22-21-14(24-15)10-19-16(18)20-12-8-9-23-13-7-5-4-6-11(12)13;/h4-7,12H,8-10H2,1-3H3,(H3,18,19,20);1H. The highest BCUT2D eigenvalue weighted by atomic mass is 127. The van der Waals surface area contributed by atoms with Gasteiger partial charge in [0.05, 0.1) is 19.2 Å². The van der Waals surface area contributed by atoms with Crippen molar-refractivity contribution >= 4 is 41.3 Å². The minimum atomic E-state index is 0. The van der Waals surface area contributed by atoms with Gasteiger partial charge in [-0.1, -0.05) is 50.3 Å². The van der Waals surface area contributed by atoms with E-state index in [1.165, 1.54) is 0 Å². The van der Waals surface area contributed by atoms with Gasteiger partial charge in [0, 0.05) is 17.4 Å². The number of para-hydroxylation sites is 1. The third-order valence-electron chi connectivity index (χ3n) is 3.77. The van der Waals surface area contributed by atoms with Gasteiger partial charge in [0.2, 0.25) is 0 Å². The Balaban J connectivity index is 0.00000225. The van der Waals surface area contributed by atoms with Gasteiger partial charge in [-0.05, 0) is 6.07 Å². The first kappa shape index (κ1) is 19.9. The van der Waals surface area contributed by atoms with Crippen LogP contribution in [0.1, 0.15) is 48.8 Å². The molecule has 1 aliphatic rings. The number of hydrogen-bond donors (Lipinski definition) is 2. The van der Waals surface area contributed by atoms with Crippen molar-refractivity contribution in [3.63, 3.8) is 0 Å². The number of nitrogens with one attached hydrogen (secondary N) is 1. The van der Waals surface area contributed by atoms with Crippen molar-refractivity contribution in [2.45, 2.75) is 45.2 Å². The zero-order valence-electron chi connectivity index (χ0n) is 14.7. The number of benzene rings is 1. The number of aliphatic imine (C=N–C) groups is 1. The first-order valence-corrected chi connectivity index (χ1v) is 8.86. The van der Waals surface area contributed by atoms with E-state index in [1.54, 1.807) is 11.3 Å². The lowest BCUT2D eigenvalue weighted by atomic mass is 9.98. The highest BCUT2D eigenvalue weighted by Crippen LogP contribution is 2.31. The van der Waals surface area contributed by atoms with E-state index in [9.17, 15) is 0 Å². The van der Waals surface area contributed by atoms with Crippen molar-refractivity contribution in [2.24, 2.45) is 10.7 Å². The molecule has 0 saturated carbocycles. The average Bonchev–Trinajstić information content (AvgIpc) is 3.03. The minimum Gasteiger partial charge on any atom is -0.493 e. The molecule has 2 heterocycles. The van der Waals surface area contributed by atoms with Gasteiger partial charge >= 0.3 is 0 Å². The van der Waals surface area contributed by atoms with Crippen LogP contribution in [0.5, 0.6) is 5.75 Å². The second kappa shape index (κ2) is 8.31. The summed E-state index contributed by atoms with van der Waals surface area (Å²) in [5.41, 5.74) is 7.18. The van der Waals surface area contributed by atoms with Crippen LogP contribution in [-0.4, -0.2) is 22.8 Å². The summed E-state index contributed by atoms with van der Waals surface area (Å²) in [4.78, 5) is 4.41. The number of ether oxygens (including phenoxy) is 1. The van der Waals surface area contributed by atoms with E-state index in [2.05, 4.69) is 47.3 Å². The van der Waals surface area contributed by atoms with Crippen LogP contribution < -0.4 is 15.8 Å². The van der Waals surface area contributed by atoms with E-state index >= 15 is 0 Å². The molecule has 1 unspecified atom stereocenters. The molecule has 8 heteroatoms. The fourth-order valence-electron chi connectivity index (χ4n) is 2.49. The van der Waals surface area contributed by atoms with Crippen LogP contribution in [0.25, 0.3) is 0 Å². The van der Waals surface area contributed by atoms with Gasteiger partial charge in [0.15, 0.2) is 5.96 Å². The molecule has 0 bridgehead atoms. The number of nitrogens with two attached hydrogens (primary N) is 1. The summed E-state index contributed by atoms with van der Waals surface area (Å²) in [6, 6.07) is 8.13. The van der Waals surface area contributed by atoms with E-state index in [4.69, 9.17) is 10.5 Å². The SMILES string of the molecule is CC(C)(C)c1nnc(CN=C(N)NC2CCOc3ccccc32)s1.I. The Kier molecular flexibility index (Phi) is 6.61. The van der Waals surface area contributed by atoms with E-state index in [-0.39, 0.29) is 35.4 Å². The molecule has 0 radical (unpaired) electrons.